The summed E-state index contributed by atoms with van der Waals surface area (Å²) in [6, 6.07) is 3.47. The third kappa shape index (κ3) is 6.04. The minimum Gasteiger partial charge on any atom is -0.494 e. The normalized spacial score (nSPS) is 26.6. The molecule has 3 nitrogen and oxygen atoms in total. The van der Waals surface area contributed by atoms with Gasteiger partial charge in [-0.15, -0.1) is 0 Å². The van der Waals surface area contributed by atoms with E-state index in [1.807, 2.05) is 0 Å². The molecular weight excluding hydrogens is 417 g/mol. The van der Waals surface area contributed by atoms with Gasteiger partial charge in [0.2, 0.25) is 0 Å². The molecule has 2 fully saturated rings. The van der Waals surface area contributed by atoms with Crippen LogP contribution in [0.2, 0.25) is 0 Å². The summed E-state index contributed by atoms with van der Waals surface area (Å²) in [5, 5.41) is 9.66. The maximum absolute atomic E-state index is 14.9. The molecule has 1 aromatic rings. The van der Waals surface area contributed by atoms with Gasteiger partial charge in [-0.05, 0) is 86.0 Å². The van der Waals surface area contributed by atoms with Crippen LogP contribution in [0.3, 0.4) is 0 Å². The van der Waals surface area contributed by atoms with Crippen molar-refractivity contribution < 1.29 is 27.8 Å². The van der Waals surface area contributed by atoms with Crippen molar-refractivity contribution in [2.45, 2.75) is 75.4 Å². The van der Waals surface area contributed by atoms with E-state index in [2.05, 4.69) is 13.2 Å². The molecule has 0 bridgehead atoms. The Hall–Kier alpha value is -2.05. The average Bonchev–Trinajstić information content (AvgIpc) is 2.80. The Morgan fingerprint density at radius 3 is 1.97 bits per heavy atom. The van der Waals surface area contributed by atoms with Gasteiger partial charge in [0.25, 0.3) is 0 Å². The minimum absolute atomic E-state index is 0.0223. The lowest BCUT2D eigenvalue weighted by molar-refractivity contribution is 0.0393. The van der Waals surface area contributed by atoms with Crippen LogP contribution in [0.5, 0.6) is 0 Å². The van der Waals surface area contributed by atoms with Crippen LogP contribution >= 0.6 is 0 Å². The maximum atomic E-state index is 14.9. The monoisotopic (exact) mass is 450 g/mol. The Morgan fingerprint density at radius 1 is 0.969 bits per heavy atom. The Labute approximate surface area is 188 Å². The predicted octanol–water partition coefficient (Wildman–Crippen LogP) is 6.60. The number of aliphatic hydroxyl groups is 1. The Bertz CT molecular complexity index is 848. The molecule has 2 saturated carbocycles. The van der Waals surface area contributed by atoms with Crippen LogP contribution in [-0.4, -0.2) is 31.0 Å². The number of aliphatic hydroxyl groups excluding tert-OH is 1. The van der Waals surface area contributed by atoms with E-state index in [0.717, 1.165) is 12.8 Å². The number of methoxy groups -OCH3 is 1. The van der Waals surface area contributed by atoms with Gasteiger partial charge in [-0.3, -0.25) is 0 Å². The molecule has 0 radical (unpaired) electrons. The predicted molar refractivity (Wildman–Crippen MR) is 119 cm³/mol. The van der Waals surface area contributed by atoms with Gasteiger partial charge in [0, 0.05) is 0 Å². The lowest BCUT2D eigenvalue weighted by atomic mass is 9.79. The van der Waals surface area contributed by atoms with Gasteiger partial charge in [0.1, 0.15) is 5.76 Å². The first-order valence-electron chi connectivity index (χ1n) is 11.4. The van der Waals surface area contributed by atoms with Crippen LogP contribution in [-0.2, 0) is 9.47 Å². The fourth-order valence-electron chi connectivity index (χ4n) is 4.76. The summed E-state index contributed by atoms with van der Waals surface area (Å²) < 4.78 is 54.1. The molecule has 32 heavy (non-hydrogen) atoms. The molecule has 0 unspecified atom stereocenters. The lowest BCUT2D eigenvalue weighted by Gasteiger charge is -2.30. The SMILES string of the molecule is C=C(/C=C(/F)C(=C)OC)COC1CCC(c2ccc(C3CCC(O)CC3)c(F)c2F)CC1. The molecule has 2 aliphatic carbocycles. The first-order chi connectivity index (χ1) is 15.3. The molecule has 0 spiro atoms. The molecule has 176 valence electrons. The van der Waals surface area contributed by atoms with Crippen LogP contribution in [0, 0.1) is 11.6 Å². The van der Waals surface area contributed by atoms with Gasteiger partial charge in [0.05, 0.1) is 25.9 Å². The lowest BCUT2D eigenvalue weighted by Crippen LogP contribution is -2.22. The molecule has 3 rings (SSSR count). The molecule has 0 aliphatic heterocycles. The van der Waals surface area contributed by atoms with Crippen molar-refractivity contribution >= 4 is 0 Å². The highest BCUT2D eigenvalue weighted by Crippen LogP contribution is 2.39. The second kappa shape index (κ2) is 11.2. The zero-order valence-corrected chi connectivity index (χ0v) is 18.7. The highest BCUT2D eigenvalue weighted by Gasteiger charge is 2.29. The van der Waals surface area contributed by atoms with Crippen molar-refractivity contribution in [1.29, 1.82) is 0 Å². The number of rotatable bonds is 8. The summed E-state index contributed by atoms with van der Waals surface area (Å²) in [4.78, 5) is 0. The van der Waals surface area contributed by atoms with Gasteiger partial charge in [0.15, 0.2) is 17.5 Å². The van der Waals surface area contributed by atoms with E-state index in [1.165, 1.54) is 13.2 Å². The molecule has 2 aliphatic rings. The summed E-state index contributed by atoms with van der Waals surface area (Å²) in [7, 11) is 1.34. The van der Waals surface area contributed by atoms with Gasteiger partial charge in [-0.25, -0.2) is 13.2 Å². The molecular formula is C26H33F3O3. The Morgan fingerprint density at radius 2 is 1.47 bits per heavy atom. The minimum atomic E-state index is -0.731. The second-order valence-electron chi connectivity index (χ2n) is 8.94. The zero-order valence-electron chi connectivity index (χ0n) is 18.7. The van der Waals surface area contributed by atoms with Gasteiger partial charge < -0.3 is 14.6 Å². The van der Waals surface area contributed by atoms with Crippen LogP contribution in [0.1, 0.15) is 74.3 Å². The first-order valence-corrected chi connectivity index (χ1v) is 11.4. The van der Waals surface area contributed by atoms with E-state index < -0.39 is 17.5 Å². The molecule has 0 heterocycles. The molecule has 1 N–H and O–H groups in total. The summed E-state index contributed by atoms with van der Waals surface area (Å²) >= 11 is 0. The van der Waals surface area contributed by atoms with Crippen molar-refractivity contribution in [2.24, 2.45) is 0 Å². The summed E-state index contributed by atoms with van der Waals surface area (Å²) in [5.74, 6) is -2.19. The molecule has 0 amide bonds. The zero-order chi connectivity index (χ0) is 23.3. The standard InChI is InChI=1S/C26H33F3O3/c1-16(14-24(27)17(2)31-3)15-32-21-10-6-19(7-11-21)23-13-12-22(25(28)26(23)29)18-4-8-20(30)9-5-18/h12-14,18-21,30H,1-2,4-11,15H2,3H3/b24-14+. The maximum Gasteiger partial charge on any atom is 0.164 e. The van der Waals surface area contributed by atoms with Gasteiger partial charge in [-0.1, -0.05) is 25.3 Å². The number of hydrogen-bond donors (Lipinski definition) is 1. The summed E-state index contributed by atoms with van der Waals surface area (Å²) in [6.45, 7) is 7.42. The van der Waals surface area contributed by atoms with E-state index in [9.17, 15) is 18.3 Å². The Kier molecular flexibility index (Phi) is 8.60. The first kappa shape index (κ1) is 24.6. The fraction of sp³-hybridized carbons (Fsp3) is 0.538. The van der Waals surface area contributed by atoms with Crippen molar-refractivity contribution in [1.82, 2.24) is 0 Å². The quantitative estimate of drug-likeness (QED) is 0.358. The second-order valence-corrected chi connectivity index (χ2v) is 8.94. The van der Waals surface area contributed by atoms with Crippen LogP contribution in [0.15, 0.2) is 48.5 Å². The Balaban J connectivity index is 1.53. The largest absolute Gasteiger partial charge is 0.494 e. The molecule has 0 saturated heterocycles. The van der Waals surface area contributed by atoms with Crippen LogP contribution in [0.4, 0.5) is 13.2 Å². The van der Waals surface area contributed by atoms with Crippen molar-refractivity contribution in [2.75, 3.05) is 13.7 Å². The number of benzene rings is 1. The van der Waals surface area contributed by atoms with Crippen molar-refractivity contribution in [3.63, 3.8) is 0 Å². The number of halogens is 3. The van der Waals surface area contributed by atoms with Crippen molar-refractivity contribution in [3.05, 3.63) is 71.3 Å². The van der Waals surface area contributed by atoms with E-state index in [4.69, 9.17) is 9.47 Å². The van der Waals surface area contributed by atoms with Crippen molar-refractivity contribution in [3.8, 4) is 0 Å². The highest BCUT2D eigenvalue weighted by atomic mass is 19.2. The summed E-state index contributed by atoms with van der Waals surface area (Å²) in [5.41, 5.74) is 1.35. The molecule has 0 aromatic heterocycles. The molecule has 6 heteroatoms. The third-order valence-corrected chi connectivity index (χ3v) is 6.74. The van der Waals surface area contributed by atoms with Gasteiger partial charge >= 0.3 is 0 Å². The fourth-order valence-corrected chi connectivity index (χ4v) is 4.76. The molecule has 1 aromatic carbocycles. The third-order valence-electron chi connectivity index (χ3n) is 6.74. The van der Waals surface area contributed by atoms with E-state index >= 15 is 0 Å². The van der Waals surface area contributed by atoms with E-state index in [-0.39, 0.29) is 36.4 Å². The molecule has 0 atom stereocenters. The van der Waals surface area contributed by atoms with Gasteiger partial charge in [-0.2, -0.15) is 0 Å². The highest BCUT2D eigenvalue weighted by molar-refractivity contribution is 5.32. The number of ether oxygens (including phenoxy) is 2. The van der Waals surface area contributed by atoms with Crippen LogP contribution in [0.25, 0.3) is 0 Å². The van der Waals surface area contributed by atoms with E-state index in [0.29, 0.717) is 55.2 Å². The van der Waals surface area contributed by atoms with E-state index in [1.54, 1.807) is 12.1 Å². The van der Waals surface area contributed by atoms with Crippen LogP contribution < -0.4 is 0 Å². The average molecular weight is 451 g/mol. The number of allylic oxidation sites excluding steroid dienone is 1. The number of hydrogen-bond acceptors (Lipinski definition) is 3. The smallest absolute Gasteiger partial charge is 0.164 e. The summed E-state index contributed by atoms with van der Waals surface area (Å²) in [6.07, 6.45) is 6.37. The topological polar surface area (TPSA) is 38.7 Å².